The fourth-order valence-corrected chi connectivity index (χ4v) is 1.54. The van der Waals surface area contributed by atoms with Crippen LogP contribution in [-0.4, -0.2) is 16.9 Å². The van der Waals surface area contributed by atoms with Gasteiger partial charge in [-0.15, -0.1) is 0 Å². The van der Waals surface area contributed by atoms with Crippen molar-refractivity contribution in [2.45, 2.75) is 38.1 Å². The number of nitrogens with zero attached hydrogens (tertiary/aromatic N) is 3. The van der Waals surface area contributed by atoms with Gasteiger partial charge in [0, 0.05) is 5.28 Å². The first-order chi connectivity index (χ1) is 5.22. The molecule has 2 rings (SSSR count). The Labute approximate surface area is 65.1 Å². The van der Waals surface area contributed by atoms with Crippen LogP contribution < -0.4 is 5.73 Å². The van der Waals surface area contributed by atoms with Crippen LogP contribution >= 0.6 is 0 Å². The topological polar surface area (TPSA) is 63.2 Å². The highest BCUT2D eigenvalue weighted by Gasteiger charge is 2.43. The third kappa shape index (κ3) is 0.875. The molecular weight excluding hydrogens is 144 g/mol. The summed E-state index contributed by atoms with van der Waals surface area (Å²) in [5.74, 6) is 0. The second-order valence-electron chi connectivity index (χ2n) is 3.36. The van der Waals surface area contributed by atoms with Crippen molar-refractivity contribution in [2.24, 2.45) is 16.2 Å². The van der Waals surface area contributed by atoms with Crippen molar-refractivity contribution < 1.29 is 4.84 Å². The Bertz CT molecular complexity index is 189. The molecule has 0 amide bonds. The zero-order valence-electron chi connectivity index (χ0n) is 6.53. The van der Waals surface area contributed by atoms with Crippen LogP contribution in [0.3, 0.4) is 0 Å². The lowest BCUT2D eigenvalue weighted by atomic mass is 9.78. The Hall–Kier alpha value is -0.840. The lowest BCUT2D eigenvalue weighted by molar-refractivity contribution is -0.0726. The molecule has 2 N–H and O–H groups in total. The molecule has 0 saturated heterocycles. The molecule has 11 heavy (non-hydrogen) atoms. The lowest BCUT2D eigenvalue weighted by Gasteiger charge is -2.43. The molecule has 0 radical (unpaired) electrons. The van der Waals surface area contributed by atoms with E-state index in [9.17, 15) is 0 Å². The predicted octanol–water partition coefficient (Wildman–Crippen LogP) is 0.786. The van der Waals surface area contributed by atoms with E-state index in [4.69, 9.17) is 10.6 Å². The van der Waals surface area contributed by atoms with E-state index in [1.54, 1.807) is 5.01 Å². The zero-order valence-corrected chi connectivity index (χ0v) is 6.53. The Morgan fingerprint density at radius 1 is 1.64 bits per heavy atom. The SMILES string of the molecule is CC1(N2N=NOC2N)CCC1. The van der Waals surface area contributed by atoms with E-state index >= 15 is 0 Å². The standard InChI is InChI=1S/C6H12N4O/c1-6(3-2-4-6)10-5(7)11-9-8-10/h5H,2-4,7H2,1H3. The van der Waals surface area contributed by atoms with E-state index in [2.05, 4.69) is 17.4 Å². The molecule has 62 valence electrons. The maximum absolute atomic E-state index is 5.59. The minimum Gasteiger partial charge on any atom is -0.334 e. The Kier molecular flexibility index (Phi) is 1.29. The summed E-state index contributed by atoms with van der Waals surface area (Å²) in [4.78, 5) is 4.75. The van der Waals surface area contributed by atoms with Gasteiger partial charge in [-0.3, -0.25) is 5.73 Å². The molecule has 5 heteroatoms. The molecule has 5 nitrogen and oxygen atoms in total. The molecule has 1 fully saturated rings. The summed E-state index contributed by atoms with van der Waals surface area (Å²) < 4.78 is 0. The second-order valence-corrected chi connectivity index (χ2v) is 3.36. The van der Waals surface area contributed by atoms with Gasteiger partial charge in [-0.1, -0.05) is 0 Å². The van der Waals surface area contributed by atoms with Crippen LogP contribution in [0, 0.1) is 0 Å². The van der Waals surface area contributed by atoms with Crippen LogP contribution in [0.15, 0.2) is 10.5 Å². The Balaban J connectivity index is 2.08. The van der Waals surface area contributed by atoms with E-state index < -0.39 is 6.35 Å². The molecule has 1 unspecified atom stereocenters. The molecule has 2 aliphatic rings. The smallest absolute Gasteiger partial charge is 0.271 e. The average molecular weight is 156 g/mol. The molecule has 1 aliphatic heterocycles. The summed E-state index contributed by atoms with van der Waals surface area (Å²) >= 11 is 0. The van der Waals surface area contributed by atoms with Gasteiger partial charge in [0.05, 0.1) is 5.54 Å². The van der Waals surface area contributed by atoms with Crippen molar-refractivity contribution in [3.8, 4) is 0 Å². The van der Waals surface area contributed by atoms with Crippen molar-refractivity contribution in [1.82, 2.24) is 5.01 Å². The number of nitrogens with two attached hydrogens (primary N) is 1. The van der Waals surface area contributed by atoms with Gasteiger partial charge in [0.15, 0.2) is 0 Å². The monoisotopic (exact) mass is 156 g/mol. The molecule has 0 spiro atoms. The van der Waals surface area contributed by atoms with Crippen molar-refractivity contribution in [3.05, 3.63) is 0 Å². The van der Waals surface area contributed by atoms with Crippen LogP contribution in [0.25, 0.3) is 0 Å². The third-order valence-corrected chi connectivity index (χ3v) is 2.51. The van der Waals surface area contributed by atoms with E-state index in [0.717, 1.165) is 12.8 Å². The summed E-state index contributed by atoms with van der Waals surface area (Å²) in [6.45, 7) is 2.13. The first-order valence-electron chi connectivity index (χ1n) is 3.84. The molecular formula is C6H12N4O. The molecule has 1 heterocycles. The van der Waals surface area contributed by atoms with Crippen molar-refractivity contribution in [2.75, 3.05) is 0 Å². The Morgan fingerprint density at radius 3 is 2.73 bits per heavy atom. The lowest BCUT2D eigenvalue weighted by Crippen LogP contribution is -2.54. The zero-order chi connectivity index (χ0) is 7.90. The maximum atomic E-state index is 5.59. The molecule has 0 bridgehead atoms. The van der Waals surface area contributed by atoms with Gasteiger partial charge in [0.1, 0.15) is 0 Å². The van der Waals surface area contributed by atoms with E-state index in [1.807, 2.05) is 0 Å². The van der Waals surface area contributed by atoms with Crippen LogP contribution in [0.4, 0.5) is 0 Å². The molecule has 0 aromatic carbocycles. The highest BCUT2D eigenvalue weighted by atomic mass is 16.7. The predicted molar refractivity (Wildman–Crippen MR) is 38.0 cm³/mol. The summed E-state index contributed by atoms with van der Waals surface area (Å²) in [5.41, 5.74) is 5.69. The molecule has 0 aromatic heterocycles. The quantitative estimate of drug-likeness (QED) is 0.610. The highest BCUT2D eigenvalue weighted by molar-refractivity contribution is 4.92. The molecule has 1 atom stereocenters. The first kappa shape index (κ1) is 6.84. The van der Waals surface area contributed by atoms with Gasteiger partial charge in [0.2, 0.25) is 0 Å². The maximum Gasteiger partial charge on any atom is 0.271 e. The van der Waals surface area contributed by atoms with Gasteiger partial charge in [0.25, 0.3) is 6.35 Å². The van der Waals surface area contributed by atoms with Gasteiger partial charge < -0.3 is 4.84 Å². The van der Waals surface area contributed by atoms with Crippen LogP contribution in [-0.2, 0) is 4.84 Å². The van der Waals surface area contributed by atoms with Gasteiger partial charge in [-0.2, -0.15) is 0 Å². The van der Waals surface area contributed by atoms with Gasteiger partial charge >= 0.3 is 0 Å². The van der Waals surface area contributed by atoms with E-state index in [-0.39, 0.29) is 5.54 Å². The fourth-order valence-electron chi connectivity index (χ4n) is 1.54. The third-order valence-electron chi connectivity index (χ3n) is 2.51. The normalized spacial score (nSPS) is 33.3. The summed E-state index contributed by atoms with van der Waals surface area (Å²) in [6.07, 6.45) is 3.03. The fraction of sp³-hybridized carbons (Fsp3) is 1.00. The summed E-state index contributed by atoms with van der Waals surface area (Å²) in [5, 5.41) is 8.99. The molecule has 1 saturated carbocycles. The van der Waals surface area contributed by atoms with Crippen LogP contribution in [0.2, 0.25) is 0 Å². The second kappa shape index (κ2) is 2.07. The first-order valence-corrected chi connectivity index (χ1v) is 3.84. The average Bonchev–Trinajstić information content (AvgIpc) is 2.30. The van der Waals surface area contributed by atoms with Crippen molar-refractivity contribution in [3.63, 3.8) is 0 Å². The molecule has 0 aromatic rings. The van der Waals surface area contributed by atoms with Crippen molar-refractivity contribution in [1.29, 1.82) is 0 Å². The van der Waals surface area contributed by atoms with Crippen LogP contribution in [0.1, 0.15) is 26.2 Å². The molecule has 1 aliphatic carbocycles. The largest absolute Gasteiger partial charge is 0.334 e. The number of hydrogen-bond acceptors (Lipinski definition) is 5. The van der Waals surface area contributed by atoms with Crippen molar-refractivity contribution >= 4 is 0 Å². The Morgan fingerprint density at radius 2 is 2.36 bits per heavy atom. The number of hydrogen-bond donors (Lipinski definition) is 1. The minimum absolute atomic E-state index is 0.0966. The van der Waals surface area contributed by atoms with Gasteiger partial charge in [-0.25, -0.2) is 5.01 Å². The highest BCUT2D eigenvalue weighted by Crippen LogP contribution is 2.39. The number of rotatable bonds is 1. The minimum atomic E-state index is -0.472. The summed E-state index contributed by atoms with van der Waals surface area (Å²) in [6, 6.07) is 0. The summed E-state index contributed by atoms with van der Waals surface area (Å²) in [7, 11) is 0. The van der Waals surface area contributed by atoms with Crippen LogP contribution in [0.5, 0.6) is 0 Å². The van der Waals surface area contributed by atoms with E-state index in [0.29, 0.717) is 0 Å². The van der Waals surface area contributed by atoms with E-state index in [1.165, 1.54) is 6.42 Å². The van der Waals surface area contributed by atoms with Gasteiger partial charge in [-0.05, 0) is 31.4 Å².